The molecule has 1 N–H and O–H groups in total. The van der Waals surface area contributed by atoms with Crippen molar-refractivity contribution in [2.45, 2.75) is 19.5 Å². The lowest BCUT2D eigenvalue weighted by Gasteiger charge is -2.10. The lowest BCUT2D eigenvalue weighted by Crippen LogP contribution is -2.15. The molecule has 0 radical (unpaired) electrons. The zero-order valence-electron chi connectivity index (χ0n) is 16.9. The number of carbonyl (C=O) groups excluding carboxylic acids is 1. The van der Waals surface area contributed by atoms with Crippen molar-refractivity contribution in [3.8, 4) is 5.82 Å². The van der Waals surface area contributed by atoms with E-state index in [1.165, 1.54) is 22.5 Å². The van der Waals surface area contributed by atoms with Crippen molar-refractivity contribution in [1.82, 2.24) is 19.7 Å². The molecule has 3 aromatic rings. The number of alkyl halides is 3. The van der Waals surface area contributed by atoms with Crippen molar-refractivity contribution in [2.75, 3.05) is 26.0 Å². The molecule has 0 unspecified atom stereocenters. The number of nitrogens with one attached hydrogen (secondary N) is 1. The minimum atomic E-state index is -4.46. The molecular weight excluding hydrogens is 395 g/mol. The van der Waals surface area contributed by atoms with Gasteiger partial charge in [0.05, 0.1) is 23.0 Å². The molecule has 158 valence electrons. The smallest absolute Gasteiger partial charge is 0.322 e. The molecule has 0 aliphatic heterocycles. The Morgan fingerprint density at radius 1 is 1.10 bits per heavy atom. The van der Waals surface area contributed by atoms with Gasteiger partial charge in [-0.15, -0.1) is 0 Å². The van der Waals surface area contributed by atoms with E-state index in [-0.39, 0.29) is 11.7 Å². The van der Waals surface area contributed by atoms with Crippen LogP contribution in [0.2, 0.25) is 0 Å². The molecular formula is C21H22F3N5O. The monoisotopic (exact) mass is 417 g/mol. The number of pyridine rings is 1. The summed E-state index contributed by atoms with van der Waals surface area (Å²) >= 11 is 0. The van der Waals surface area contributed by atoms with Crippen LogP contribution in [0.3, 0.4) is 0 Å². The van der Waals surface area contributed by atoms with Crippen molar-refractivity contribution >= 4 is 11.6 Å². The Kier molecular flexibility index (Phi) is 6.21. The van der Waals surface area contributed by atoms with Gasteiger partial charge >= 0.3 is 6.18 Å². The van der Waals surface area contributed by atoms with Gasteiger partial charge in [-0.25, -0.2) is 9.67 Å². The highest BCUT2D eigenvalue weighted by molar-refractivity contribution is 6.04. The van der Waals surface area contributed by atoms with E-state index in [1.807, 2.05) is 38.4 Å². The van der Waals surface area contributed by atoms with Crippen LogP contribution in [0.25, 0.3) is 5.82 Å². The zero-order chi connectivity index (χ0) is 21.9. The number of carbonyl (C=O) groups is 1. The highest BCUT2D eigenvalue weighted by Gasteiger charge is 2.30. The normalized spacial score (nSPS) is 11.7. The molecule has 3 rings (SSSR count). The minimum absolute atomic E-state index is 0.199. The average molecular weight is 417 g/mol. The summed E-state index contributed by atoms with van der Waals surface area (Å²) in [7, 11) is 4.02. The molecule has 0 atom stereocenters. The number of rotatable bonds is 6. The number of amides is 1. The van der Waals surface area contributed by atoms with E-state index >= 15 is 0 Å². The lowest BCUT2D eigenvalue weighted by atomic mass is 10.1. The molecule has 0 bridgehead atoms. The molecule has 6 nitrogen and oxygen atoms in total. The number of hydrogen-bond donors (Lipinski definition) is 1. The maximum atomic E-state index is 12.7. The van der Waals surface area contributed by atoms with Crippen molar-refractivity contribution in [3.63, 3.8) is 0 Å². The number of nitrogens with zero attached hydrogens (tertiary/aromatic N) is 4. The van der Waals surface area contributed by atoms with Gasteiger partial charge in [0.15, 0.2) is 5.82 Å². The van der Waals surface area contributed by atoms with Crippen LogP contribution in [0, 0.1) is 6.92 Å². The lowest BCUT2D eigenvalue weighted by molar-refractivity contribution is -0.137. The summed E-state index contributed by atoms with van der Waals surface area (Å²) in [5.41, 5.74) is 1.76. The first-order valence-corrected chi connectivity index (χ1v) is 9.28. The van der Waals surface area contributed by atoms with E-state index in [4.69, 9.17) is 0 Å². The van der Waals surface area contributed by atoms with Gasteiger partial charge in [-0.2, -0.15) is 18.3 Å². The molecule has 2 heterocycles. The third kappa shape index (κ3) is 5.04. The number of anilines is 1. The van der Waals surface area contributed by atoms with Crippen LogP contribution in [-0.4, -0.2) is 46.2 Å². The number of aromatic nitrogens is 3. The Labute approximate surface area is 172 Å². The van der Waals surface area contributed by atoms with Crippen molar-refractivity contribution in [3.05, 3.63) is 71.2 Å². The SMILES string of the molecule is Cc1c(C(=O)Nc2ccc(CCN(C)C)cc2)cnn1-c1ccc(C(F)(F)F)cn1. The molecule has 0 saturated heterocycles. The molecule has 1 amide bonds. The summed E-state index contributed by atoms with van der Waals surface area (Å²) in [5, 5.41) is 6.92. The number of likely N-dealkylation sites (N-methyl/N-ethyl adjacent to an activating group) is 1. The van der Waals surface area contributed by atoms with E-state index < -0.39 is 11.7 Å². The number of hydrogen-bond acceptors (Lipinski definition) is 4. The van der Waals surface area contributed by atoms with Gasteiger partial charge < -0.3 is 10.2 Å². The summed E-state index contributed by atoms with van der Waals surface area (Å²) in [6.45, 7) is 2.59. The Morgan fingerprint density at radius 3 is 2.37 bits per heavy atom. The van der Waals surface area contributed by atoms with Crippen LogP contribution in [-0.2, 0) is 12.6 Å². The molecule has 1 aromatic carbocycles. The van der Waals surface area contributed by atoms with E-state index in [2.05, 4.69) is 20.3 Å². The van der Waals surface area contributed by atoms with Crippen LogP contribution in [0.1, 0.15) is 27.2 Å². The zero-order valence-corrected chi connectivity index (χ0v) is 16.9. The Balaban J connectivity index is 1.71. The van der Waals surface area contributed by atoms with Crippen molar-refractivity contribution < 1.29 is 18.0 Å². The second-order valence-electron chi connectivity index (χ2n) is 7.16. The van der Waals surface area contributed by atoms with Gasteiger partial charge in [-0.3, -0.25) is 4.79 Å². The van der Waals surface area contributed by atoms with Gasteiger partial charge in [0.2, 0.25) is 0 Å². The third-order valence-electron chi connectivity index (χ3n) is 4.61. The van der Waals surface area contributed by atoms with Crippen LogP contribution in [0.4, 0.5) is 18.9 Å². The standard InChI is InChI=1S/C21H22F3N5O/c1-14-18(13-26-29(14)19-9-6-16(12-25-19)21(22,23)24)20(30)27-17-7-4-15(5-8-17)10-11-28(2)3/h4-9,12-13H,10-11H2,1-3H3,(H,27,30). The largest absolute Gasteiger partial charge is 0.417 e. The molecule has 9 heteroatoms. The highest BCUT2D eigenvalue weighted by atomic mass is 19.4. The molecule has 0 aliphatic rings. The second-order valence-corrected chi connectivity index (χ2v) is 7.16. The fourth-order valence-corrected chi connectivity index (χ4v) is 2.85. The minimum Gasteiger partial charge on any atom is -0.322 e. The summed E-state index contributed by atoms with van der Waals surface area (Å²) in [4.78, 5) is 18.5. The fraction of sp³-hybridized carbons (Fsp3) is 0.286. The van der Waals surface area contributed by atoms with Gasteiger partial charge in [0, 0.05) is 18.4 Å². The third-order valence-corrected chi connectivity index (χ3v) is 4.61. The predicted octanol–water partition coefficient (Wildman–Crippen LogP) is 3.95. The Hall–Kier alpha value is -3.20. The van der Waals surface area contributed by atoms with E-state index in [9.17, 15) is 18.0 Å². The summed E-state index contributed by atoms with van der Waals surface area (Å²) in [6, 6.07) is 9.74. The van der Waals surface area contributed by atoms with Crippen LogP contribution < -0.4 is 5.32 Å². The fourth-order valence-electron chi connectivity index (χ4n) is 2.85. The molecule has 0 spiro atoms. The van der Waals surface area contributed by atoms with Crippen molar-refractivity contribution in [2.24, 2.45) is 0 Å². The first-order chi connectivity index (χ1) is 14.1. The predicted molar refractivity (Wildman–Crippen MR) is 108 cm³/mol. The van der Waals surface area contributed by atoms with Gasteiger partial charge in [0.25, 0.3) is 5.91 Å². The maximum absolute atomic E-state index is 12.7. The molecule has 2 aromatic heterocycles. The van der Waals surface area contributed by atoms with Gasteiger partial charge in [-0.1, -0.05) is 12.1 Å². The average Bonchev–Trinajstić information content (AvgIpc) is 3.08. The quantitative estimate of drug-likeness (QED) is 0.660. The van der Waals surface area contributed by atoms with Crippen LogP contribution in [0.5, 0.6) is 0 Å². The van der Waals surface area contributed by atoms with Gasteiger partial charge in [-0.05, 0) is 57.3 Å². The number of halogens is 3. The van der Waals surface area contributed by atoms with Crippen molar-refractivity contribution in [1.29, 1.82) is 0 Å². The number of benzene rings is 1. The molecule has 0 fully saturated rings. The first-order valence-electron chi connectivity index (χ1n) is 9.28. The topological polar surface area (TPSA) is 63.1 Å². The Morgan fingerprint density at radius 2 is 1.80 bits per heavy atom. The van der Waals surface area contributed by atoms with Crippen LogP contribution >= 0.6 is 0 Å². The van der Waals surface area contributed by atoms with E-state index in [0.717, 1.165) is 25.2 Å². The summed E-state index contributed by atoms with van der Waals surface area (Å²) in [5.74, 6) is -0.156. The molecule has 30 heavy (non-hydrogen) atoms. The van der Waals surface area contributed by atoms with Crippen LogP contribution in [0.15, 0.2) is 48.8 Å². The Bertz CT molecular complexity index is 1010. The maximum Gasteiger partial charge on any atom is 0.417 e. The molecule has 0 aliphatic carbocycles. The van der Waals surface area contributed by atoms with E-state index in [0.29, 0.717) is 16.9 Å². The second kappa shape index (κ2) is 8.66. The summed E-state index contributed by atoms with van der Waals surface area (Å²) in [6.07, 6.45) is -1.44. The summed E-state index contributed by atoms with van der Waals surface area (Å²) < 4.78 is 39.4. The first kappa shape index (κ1) is 21.5. The molecule has 0 saturated carbocycles. The highest BCUT2D eigenvalue weighted by Crippen LogP contribution is 2.28. The van der Waals surface area contributed by atoms with E-state index in [1.54, 1.807) is 6.92 Å². The van der Waals surface area contributed by atoms with Gasteiger partial charge in [0.1, 0.15) is 0 Å².